The smallest absolute Gasteiger partial charge is 0.0687 e. The summed E-state index contributed by atoms with van der Waals surface area (Å²) in [7, 11) is 0. The number of aromatic nitrogens is 4. The van der Waals surface area contributed by atoms with Gasteiger partial charge in [-0.25, -0.2) is 9.97 Å². The summed E-state index contributed by atoms with van der Waals surface area (Å²) >= 11 is 0. The van der Waals surface area contributed by atoms with Crippen molar-refractivity contribution in [3.05, 3.63) is 70.8 Å². The third-order valence-electron chi connectivity index (χ3n) is 4.48. The summed E-state index contributed by atoms with van der Waals surface area (Å²) in [4.78, 5) is 16.2. The first kappa shape index (κ1) is 14.0. The number of aryl methyl sites for hydroxylation is 1. The van der Waals surface area contributed by atoms with Crippen molar-refractivity contribution >= 4 is 46.4 Å². The average Bonchev–Trinajstić information content (AvgIpc) is 3.36. The minimum absolute atomic E-state index is 0.918. The maximum atomic E-state index is 4.72. The number of rotatable bonds is 0. The molecule has 5 rings (SSSR count). The van der Waals surface area contributed by atoms with Crippen LogP contribution in [0.3, 0.4) is 0 Å². The van der Waals surface area contributed by atoms with Crippen LogP contribution in [-0.4, -0.2) is 19.9 Å². The summed E-state index contributed by atoms with van der Waals surface area (Å²) in [6.45, 7) is 2.09. The Morgan fingerprint density at radius 3 is 2.16 bits per heavy atom. The summed E-state index contributed by atoms with van der Waals surface area (Å²) in [5.41, 5.74) is 9.10. The van der Waals surface area contributed by atoms with Crippen LogP contribution in [0.2, 0.25) is 0 Å². The SMILES string of the molecule is Cc1c2nc(cc3nc(cc4ccc(cc5ccc1[nH]5)[nH]4)C=C3)C=C2. The molecule has 4 heteroatoms. The summed E-state index contributed by atoms with van der Waals surface area (Å²) in [6, 6.07) is 14.5. The van der Waals surface area contributed by atoms with E-state index in [1.54, 1.807) is 0 Å². The Hall–Kier alpha value is -3.40. The maximum Gasteiger partial charge on any atom is 0.0687 e. The first-order valence-corrected chi connectivity index (χ1v) is 8.27. The fourth-order valence-corrected chi connectivity index (χ4v) is 3.15. The lowest BCUT2D eigenvalue weighted by Gasteiger charge is -1.92. The summed E-state index contributed by atoms with van der Waals surface area (Å²) in [5.74, 6) is 0. The Labute approximate surface area is 144 Å². The number of hydrogen-bond donors (Lipinski definition) is 2. The molecule has 0 saturated heterocycles. The zero-order valence-corrected chi connectivity index (χ0v) is 13.7. The van der Waals surface area contributed by atoms with Gasteiger partial charge in [0, 0.05) is 22.1 Å². The predicted octanol–water partition coefficient (Wildman–Crippen LogP) is 4.96. The van der Waals surface area contributed by atoms with Gasteiger partial charge in [-0.2, -0.15) is 0 Å². The normalized spacial score (nSPS) is 12.7. The van der Waals surface area contributed by atoms with Crippen LogP contribution in [0.4, 0.5) is 0 Å². The molecular formula is C21H16N4. The molecule has 4 nitrogen and oxygen atoms in total. The van der Waals surface area contributed by atoms with Gasteiger partial charge in [0.05, 0.1) is 22.8 Å². The maximum absolute atomic E-state index is 4.72. The van der Waals surface area contributed by atoms with Gasteiger partial charge in [0.15, 0.2) is 0 Å². The van der Waals surface area contributed by atoms with E-state index in [9.17, 15) is 0 Å². The molecule has 5 heterocycles. The van der Waals surface area contributed by atoms with Crippen molar-refractivity contribution in [2.45, 2.75) is 6.92 Å². The Kier molecular flexibility index (Phi) is 2.97. The van der Waals surface area contributed by atoms with E-state index in [0.29, 0.717) is 0 Å². The van der Waals surface area contributed by atoms with E-state index in [2.05, 4.69) is 58.3 Å². The van der Waals surface area contributed by atoms with Crippen LogP contribution in [-0.2, 0) is 0 Å². The van der Waals surface area contributed by atoms with Crippen LogP contribution in [0.1, 0.15) is 28.3 Å². The largest absolute Gasteiger partial charge is 0.355 e. The van der Waals surface area contributed by atoms with Crippen molar-refractivity contribution < 1.29 is 0 Å². The predicted molar refractivity (Wildman–Crippen MR) is 104 cm³/mol. The molecule has 120 valence electrons. The van der Waals surface area contributed by atoms with Crippen LogP contribution >= 0.6 is 0 Å². The van der Waals surface area contributed by atoms with Crippen LogP contribution in [0.5, 0.6) is 0 Å². The molecule has 0 radical (unpaired) electrons. The zero-order chi connectivity index (χ0) is 16.8. The summed E-state index contributed by atoms with van der Waals surface area (Å²) in [6.07, 6.45) is 8.12. The minimum Gasteiger partial charge on any atom is -0.355 e. The van der Waals surface area contributed by atoms with Crippen molar-refractivity contribution in [2.75, 3.05) is 0 Å². The molecule has 0 amide bonds. The second-order valence-corrected chi connectivity index (χ2v) is 6.30. The van der Waals surface area contributed by atoms with Gasteiger partial charge in [-0.15, -0.1) is 0 Å². The van der Waals surface area contributed by atoms with Crippen LogP contribution in [0.25, 0.3) is 46.4 Å². The Bertz CT molecular complexity index is 1210. The molecule has 25 heavy (non-hydrogen) atoms. The third-order valence-corrected chi connectivity index (χ3v) is 4.48. The van der Waals surface area contributed by atoms with E-state index in [0.717, 1.165) is 50.4 Å². The first-order chi connectivity index (χ1) is 12.2. The second kappa shape index (κ2) is 5.31. The van der Waals surface area contributed by atoms with Crippen LogP contribution in [0, 0.1) is 6.92 Å². The highest BCUT2D eigenvalue weighted by Gasteiger charge is 2.05. The topological polar surface area (TPSA) is 57.4 Å². The number of H-pyrrole nitrogens is 2. The van der Waals surface area contributed by atoms with E-state index in [4.69, 9.17) is 4.98 Å². The minimum atomic E-state index is 0.918. The number of aromatic amines is 2. The molecule has 0 aliphatic carbocycles. The Balaban J connectivity index is 1.88. The van der Waals surface area contributed by atoms with E-state index in [1.807, 2.05) is 30.4 Å². The van der Waals surface area contributed by atoms with Crippen LogP contribution in [0.15, 0.2) is 42.5 Å². The van der Waals surface area contributed by atoms with E-state index in [1.165, 1.54) is 0 Å². The van der Waals surface area contributed by atoms with Gasteiger partial charge < -0.3 is 9.97 Å². The molecule has 2 aliphatic rings. The molecular weight excluding hydrogens is 308 g/mol. The highest BCUT2D eigenvalue weighted by Crippen LogP contribution is 2.20. The van der Waals surface area contributed by atoms with Gasteiger partial charge in [-0.05, 0) is 79.3 Å². The molecule has 0 saturated carbocycles. The number of nitrogens with one attached hydrogen (secondary N) is 2. The highest BCUT2D eigenvalue weighted by molar-refractivity contribution is 5.79. The lowest BCUT2D eigenvalue weighted by molar-refractivity contribution is 1.25. The molecule has 0 spiro atoms. The molecule has 3 aromatic heterocycles. The average molecular weight is 324 g/mol. The summed E-state index contributed by atoms with van der Waals surface area (Å²) in [5, 5.41) is 0. The van der Waals surface area contributed by atoms with Gasteiger partial charge in [0.1, 0.15) is 0 Å². The lowest BCUT2D eigenvalue weighted by atomic mass is 10.2. The van der Waals surface area contributed by atoms with Crippen LogP contribution < -0.4 is 0 Å². The van der Waals surface area contributed by atoms with Gasteiger partial charge in [0.25, 0.3) is 0 Å². The van der Waals surface area contributed by atoms with Crippen molar-refractivity contribution in [3.8, 4) is 0 Å². The molecule has 2 N–H and O–H groups in total. The number of nitrogens with zero attached hydrogens (tertiary/aromatic N) is 2. The van der Waals surface area contributed by atoms with E-state index in [-0.39, 0.29) is 0 Å². The highest BCUT2D eigenvalue weighted by atomic mass is 14.8. The standard InChI is InChI=1S/C21H16N4/c1-13-20-8-6-18(24-20)11-16-4-2-14(22-16)10-15-3-5-17(23-15)12-19-7-9-21(13)25-19/h2-12,22,24H,1H3. The Morgan fingerprint density at radius 1 is 0.640 bits per heavy atom. The number of hydrogen-bond acceptors (Lipinski definition) is 2. The number of fused-ring (bicyclic) bond motifs is 8. The zero-order valence-electron chi connectivity index (χ0n) is 13.7. The van der Waals surface area contributed by atoms with E-state index >= 15 is 0 Å². The lowest BCUT2D eigenvalue weighted by Crippen LogP contribution is -1.82. The van der Waals surface area contributed by atoms with Crippen molar-refractivity contribution in [1.29, 1.82) is 0 Å². The quantitative estimate of drug-likeness (QED) is 0.423. The molecule has 2 aliphatic heterocycles. The third kappa shape index (κ3) is 2.58. The fourth-order valence-electron chi connectivity index (χ4n) is 3.15. The van der Waals surface area contributed by atoms with Gasteiger partial charge in [-0.3, -0.25) is 0 Å². The van der Waals surface area contributed by atoms with Gasteiger partial charge in [0.2, 0.25) is 0 Å². The molecule has 0 atom stereocenters. The molecule has 0 unspecified atom stereocenters. The van der Waals surface area contributed by atoms with Gasteiger partial charge in [-0.1, -0.05) is 0 Å². The fraction of sp³-hybridized carbons (Fsp3) is 0.0476. The van der Waals surface area contributed by atoms with Crippen molar-refractivity contribution in [1.82, 2.24) is 19.9 Å². The monoisotopic (exact) mass is 324 g/mol. The van der Waals surface area contributed by atoms with Crippen molar-refractivity contribution in [3.63, 3.8) is 0 Å². The molecule has 8 bridgehead atoms. The van der Waals surface area contributed by atoms with Crippen molar-refractivity contribution in [2.24, 2.45) is 0 Å². The molecule has 0 aromatic carbocycles. The van der Waals surface area contributed by atoms with Gasteiger partial charge >= 0.3 is 0 Å². The molecule has 0 fully saturated rings. The first-order valence-electron chi connectivity index (χ1n) is 8.27. The van der Waals surface area contributed by atoms with E-state index < -0.39 is 0 Å². The second-order valence-electron chi connectivity index (χ2n) is 6.30. The Morgan fingerprint density at radius 2 is 1.28 bits per heavy atom. The summed E-state index contributed by atoms with van der Waals surface area (Å²) < 4.78 is 0. The molecule has 3 aromatic rings.